The normalized spacial score (nSPS) is 17.9. The van der Waals surface area contributed by atoms with Gasteiger partial charge >= 0.3 is 6.18 Å². The van der Waals surface area contributed by atoms with Crippen molar-refractivity contribution in [2.24, 2.45) is 7.05 Å². The number of halogens is 4. The Balaban J connectivity index is 0.00000289. The Morgan fingerprint density at radius 1 is 1.34 bits per heavy atom. The molecule has 0 fully saturated rings. The second-order valence-corrected chi connectivity index (χ2v) is 7.86. The number of hydrogen-bond donors (Lipinski definition) is 1. The molecule has 3 heterocycles. The van der Waals surface area contributed by atoms with E-state index < -0.39 is 23.6 Å². The van der Waals surface area contributed by atoms with Crippen molar-refractivity contribution in [3.63, 3.8) is 0 Å². The summed E-state index contributed by atoms with van der Waals surface area (Å²) in [6.45, 7) is 2.50. The molecule has 170 valence electrons. The standard InChI is InChI=1S/C20H19F3N6O2.ClH/c1-11-9-28(10-13-8-25-18(29(11)13)19(2,31)20(21,22)23)17(30)16-14-5-4-12(7-24)6-15(14)26-27(16)3;/h4-6,8,11,31H,9-10H2,1-3H3;1H/t11-,19?;/m0./s1. The SMILES string of the molecule is C[C@H]1CN(C(=O)c2c3ccc(C#N)cc3nn2C)Cc2cnc(C(C)(O)C(F)(F)F)n21.Cl. The quantitative estimate of drug-likeness (QED) is 0.623. The number of benzene rings is 1. The van der Waals surface area contributed by atoms with Crippen molar-refractivity contribution in [3.05, 3.63) is 47.2 Å². The number of hydrogen-bond acceptors (Lipinski definition) is 5. The van der Waals surface area contributed by atoms with Gasteiger partial charge in [0.2, 0.25) is 5.60 Å². The third kappa shape index (κ3) is 3.49. The molecule has 0 spiro atoms. The highest BCUT2D eigenvalue weighted by Crippen LogP contribution is 2.40. The van der Waals surface area contributed by atoms with Gasteiger partial charge in [-0.15, -0.1) is 12.4 Å². The minimum atomic E-state index is -4.89. The van der Waals surface area contributed by atoms with Crippen LogP contribution in [0.5, 0.6) is 0 Å². The maximum Gasteiger partial charge on any atom is 0.424 e. The second kappa shape index (κ2) is 7.79. The van der Waals surface area contributed by atoms with Gasteiger partial charge in [-0.05, 0) is 32.0 Å². The Morgan fingerprint density at radius 3 is 2.66 bits per heavy atom. The molecule has 1 aromatic carbocycles. The summed E-state index contributed by atoms with van der Waals surface area (Å²) in [7, 11) is 1.62. The van der Waals surface area contributed by atoms with Crippen LogP contribution in [-0.2, 0) is 19.2 Å². The van der Waals surface area contributed by atoms with Crippen molar-refractivity contribution in [3.8, 4) is 6.07 Å². The molecule has 1 amide bonds. The first kappa shape index (κ1) is 23.6. The van der Waals surface area contributed by atoms with Crippen LogP contribution in [0.25, 0.3) is 10.9 Å². The number of rotatable bonds is 2. The average Bonchev–Trinajstić information content (AvgIpc) is 3.26. The molecular formula is C20H20ClF3N6O2. The van der Waals surface area contributed by atoms with Gasteiger partial charge in [0.1, 0.15) is 5.69 Å². The lowest BCUT2D eigenvalue weighted by Gasteiger charge is -2.36. The number of imidazole rings is 1. The molecule has 8 nitrogen and oxygen atoms in total. The number of fused-ring (bicyclic) bond motifs is 2. The maximum absolute atomic E-state index is 13.3. The number of amides is 1. The zero-order chi connectivity index (χ0) is 22.7. The molecule has 32 heavy (non-hydrogen) atoms. The highest BCUT2D eigenvalue weighted by Gasteiger charge is 2.55. The molecule has 12 heteroatoms. The molecule has 1 unspecified atom stereocenters. The number of aryl methyl sites for hydroxylation is 1. The third-order valence-corrected chi connectivity index (χ3v) is 5.59. The molecule has 2 aromatic heterocycles. The Morgan fingerprint density at radius 2 is 2.03 bits per heavy atom. The van der Waals surface area contributed by atoms with Crippen molar-refractivity contribution >= 4 is 29.2 Å². The van der Waals surface area contributed by atoms with Crippen LogP contribution in [0.3, 0.4) is 0 Å². The van der Waals surface area contributed by atoms with Crippen LogP contribution in [0.1, 0.15) is 47.5 Å². The molecule has 3 aromatic rings. The van der Waals surface area contributed by atoms with E-state index in [1.54, 1.807) is 32.2 Å². The van der Waals surface area contributed by atoms with Crippen LogP contribution in [0.4, 0.5) is 13.2 Å². The first-order valence-corrected chi connectivity index (χ1v) is 9.47. The fourth-order valence-corrected chi connectivity index (χ4v) is 3.98. The molecule has 0 aliphatic carbocycles. The number of nitriles is 1. The Labute approximate surface area is 187 Å². The van der Waals surface area contributed by atoms with Crippen LogP contribution >= 0.6 is 12.4 Å². The minimum absolute atomic E-state index is 0. The summed E-state index contributed by atoms with van der Waals surface area (Å²) < 4.78 is 42.8. The topological polar surface area (TPSA) is 100.0 Å². The van der Waals surface area contributed by atoms with Crippen molar-refractivity contribution in [1.29, 1.82) is 5.26 Å². The van der Waals surface area contributed by atoms with Gasteiger partial charge in [-0.25, -0.2) is 4.98 Å². The van der Waals surface area contributed by atoms with E-state index in [9.17, 15) is 23.1 Å². The predicted octanol–water partition coefficient (Wildman–Crippen LogP) is 3.05. The van der Waals surface area contributed by atoms with Gasteiger partial charge in [0.05, 0.1) is 41.6 Å². The Bertz CT molecular complexity index is 1240. The van der Waals surface area contributed by atoms with Gasteiger partial charge in [-0.1, -0.05) is 0 Å². The van der Waals surface area contributed by atoms with Crippen LogP contribution in [-0.4, -0.2) is 48.0 Å². The average molecular weight is 469 g/mol. The van der Waals surface area contributed by atoms with Crippen molar-refractivity contribution in [2.75, 3.05) is 6.54 Å². The lowest BCUT2D eigenvalue weighted by Crippen LogP contribution is -2.46. The number of alkyl halides is 3. The summed E-state index contributed by atoms with van der Waals surface area (Å²) in [5.41, 5.74) is -1.47. The van der Waals surface area contributed by atoms with E-state index in [0.717, 1.165) is 0 Å². The maximum atomic E-state index is 13.3. The Hall–Kier alpha value is -3.10. The molecule has 1 aliphatic heterocycles. The molecule has 0 saturated heterocycles. The van der Waals surface area contributed by atoms with E-state index in [1.165, 1.54) is 20.3 Å². The van der Waals surface area contributed by atoms with E-state index in [-0.39, 0.29) is 31.4 Å². The summed E-state index contributed by atoms with van der Waals surface area (Å²) in [6.07, 6.45) is -3.64. The van der Waals surface area contributed by atoms with Crippen molar-refractivity contribution < 1.29 is 23.1 Å². The summed E-state index contributed by atoms with van der Waals surface area (Å²) in [5, 5.41) is 24.0. The van der Waals surface area contributed by atoms with E-state index >= 15 is 0 Å². The van der Waals surface area contributed by atoms with E-state index in [2.05, 4.69) is 10.1 Å². The number of nitrogens with zero attached hydrogens (tertiary/aromatic N) is 6. The monoisotopic (exact) mass is 468 g/mol. The summed E-state index contributed by atoms with van der Waals surface area (Å²) in [5.74, 6) is -0.831. The zero-order valence-corrected chi connectivity index (χ0v) is 18.2. The fraction of sp³-hybridized carbons (Fsp3) is 0.400. The number of carbonyl (C=O) groups excluding carboxylic acids is 1. The van der Waals surface area contributed by atoms with Gasteiger partial charge in [0.25, 0.3) is 5.91 Å². The molecule has 4 rings (SSSR count). The third-order valence-electron chi connectivity index (χ3n) is 5.59. The summed E-state index contributed by atoms with van der Waals surface area (Å²) in [6, 6.07) is 6.33. The van der Waals surface area contributed by atoms with Crippen LogP contribution in [0, 0.1) is 11.3 Å². The van der Waals surface area contributed by atoms with E-state index in [1.807, 2.05) is 6.07 Å². The van der Waals surface area contributed by atoms with Crippen LogP contribution < -0.4 is 0 Å². The Kier molecular flexibility index (Phi) is 5.74. The molecule has 2 atom stereocenters. The molecule has 0 bridgehead atoms. The van der Waals surface area contributed by atoms with E-state index in [4.69, 9.17) is 5.26 Å². The molecule has 0 saturated carbocycles. The lowest BCUT2D eigenvalue weighted by atomic mass is 10.0. The summed E-state index contributed by atoms with van der Waals surface area (Å²) >= 11 is 0. The predicted molar refractivity (Wildman–Crippen MR) is 110 cm³/mol. The first-order chi connectivity index (χ1) is 14.5. The molecule has 1 aliphatic rings. The van der Waals surface area contributed by atoms with Crippen molar-refractivity contribution in [2.45, 2.75) is 38.2 Å². The highest BCUT2D eigenvalue weighted by atomic mass is 35.5. The number of aliphatic hydroxyl groups is 1. The molecular weight excluding hydrogens is 449 g/mol. The van der Waals surface area contributed by atoms with Gasteiger partial charge in [0.15, 0.2) is 5.82 Å². The largest absolute Gasteiger partial charge is 0.424 e. The zero-order valence-electron chi connectivity index (χ0n) is 17.4. The molecule has 0 radical (unpaired) electrons. The lowest BCUT2D eigenvalue weighted by molar-refractivity contribution is -0.263. The van der Waals surface area contributed by atoms with Crippen molar-refractivity contribution in [1.82, 2.24) is 24.2 Å². The second-order valence-electron chi connectivity index (χ2n) is 7.86. The van der Waals surface area contributed by atoms with Gasteiger partial charge in [-0.3, -0.25) is 9.48 Å². The fourth-order valence-electron chi connectivity index (χ4n) is 3.98. The van der Waals surface area contributed by atoms with Gasteiger partial charge < -0.3 is 14.6 Å². The minimum Gasteiger partial charge on any atom is -0.374 e. The van der Waals surface area contributed by atoms with E-state index in [0.29, 0.717) is 34.8 Å². The smallest absolute Gasteiger partial charge is 0.374 e. The highest BCUT2D eigenvalue weighted by molar-refractivity contribution is 6.05. The van der Waals surface area contributed by atoms with Crippen LogP contribution in [0.2, 0.25) is 0 Å². The number of aromatic nitrogens is 4. The molecule has 1 N–H and O–H groups in total. The van der Waals surface area contributed by atoms with Gasteiger partial charge in [0, 0.05) is 19.0 Å². The van der Waals surface area contributed by atoms with Gasteiger partial charge in [-0.2, -0.15) is 23.5 Å². The summed E-state index contributed by atoms with van der Waals surface area (Å²) in [4.78, 5) is 18.7. The first-order valence-electron chi connectivity index (χ1n) is 9.47. The van der Waals surface area contributed by atoms with Crippen LogP contribution in [0.15, 0.2) is 24.4 Å². The number of carbonyl (C=O) groups is 1.